The van der Waals surface area contributed by atoms with Gasteiger partial charge in [-0.15, -0.1) is 0 Å². The van der Waals surface area contributed by atoms with Crippen LogP contribution in [-0.4, -0.2) is 64.8 Å². The molecule has 0 fully saturated rings. The molecule has 0 aromatic rings. The number of hydrogen-bond acceptors (Lipinski definition) is 8. The highest BCUT2D eigenvalue weighted by Crippen LogP contribution is 2.43. The minimum Gasteiger partial charge on any atom is -0.463 e. The molecule has 9 nitrogen and oxygen atoms in total. The number of carbonyl (C=O) groups is 1. The van der Waals surface area contributed by atoms with Crippen LogP contribution in [0.5, 0.6) is 0 Å². The maximum Gasteiger partial charge on any atom is 0.472 e. The van der Waals surface area contributed by atoms with Crippen molar-refractivity contribution < 1.29 is 43.4 Å². The first-order valence-corrected chi connectivity index (χ1v) is 15.2. The number of ether oxygens (including phenoxy) is 1. The Bertz CT molecular complexity index is 586. The van der Waals surface area contributed by atoms with E-state index in [1.165, 1.54) is 64.2 Å². The normalized spacial score (nSPS) is 15.1. The van der Waals surface area contributed by atoms with Crippen molar-refractivity contribution >= 4 is 13.8 Å². The van der Waals surface area contributed by atoms with Gasteiger partial charge in [0.25, 0.3) is 0 Å². The van der Waals surface area contributed by atoms with Crippen LogP contribution in [-0.2, 0) is 23.1 Å². The Hall–Kier alpha value is -0.800. The Morgan fingerprint density at radius 3 is 1.75 bits per heavy atom. The van der Waals surface area contributed by atoms with Crippen molar-refractivity contribution in [3.05, 3.63) is 12.2 Å². The SMILES string of the molecule is CCCCCCCC/C=C\CCCCCCCCCC(=O)OCC(O)COP(=O)(O)OCC(O)CO. The molecule has 0 aliphatic heterocycles. The number of hydrogen-bond donors (Lipinski definition) is 4. The zero-order valence-electron chi connectivity index (χ0n) is 22.2. The minimum absolute atomic E-state index is 0.262. The molecule has 214 valence electrons. The number of phosphoric acid groups is 1. The first-order chi connectivity index (χ1) is 17.3. The number of unbranched alkanes of at least 4 members (excludes halogenated alkanes) is 13. The molecule has 10 heteroatoms. The highest BCUT2D eigenvalue weighted by atomic mass is 31.2. The molecule has 0 aliphatic carbocycles. The minimum atomic E-state index is -4.48. The van der Waals surface area contributed by atoms with Crippen molar-refractivity contribution in [3.63, 3.8) is 0 Å². The average molecular weight is 539 g/mol. The lowest BCUT2D eigenvalue weighted by atomic mass is 10.1. The fourth-order valence-electron chi connectivity index (χ4n) is 3.45. The number of carbonyl (C=O) groups excluding carboxylic acids is 1. The third kappa shape index (κ3) is 24.9. The Labute approximate surface area is 217 Å². The van der Waals surface area contributed by atoms with Crippen LogP contribution in [0.25, 0.3) is 0 Å². The molecule has 0 radical (unpaired) electrons. The first kappa shape index (κ1) is 35.2. The summed E-state index contributed by atoms with van der Waals surface area (Å²) in [7, 11) is -4.48. The van der Waals surface area contributed by atoms with Crippen molar-refractivity contribution in [2.24, 2.45) is 0 Å². The molecule has 0 aromatic heterocycles. The van der Waals surface area contributed by atoms with Crippen LogP contribution in [0.4, 0.5) is 0 Å². The lowest BCUT2D eigenvalue weighted by molar-refractivity contribution is -0.147. The molecule has 0 aliphatic rings. The standard InChI is InChI=1S/C26H51O9P/c1-2-3-4-5-6-7-8-9-10-11-12-13-14-15-16-17-18-19-26(30)33-21-25(29)23-35-36(31,32)34-22-24(28)20-27/h9-10,24-25,27-29H,2-8,11-23H2,1H3,(H,31,32)/b10-9-. The van der Waals surface area contributed by atoms with Gasteiger partial charge in [0.2, 0.25) is 0 Å². The summed E-state index contributed by atoms with van der Waals surface area (Å²) in [5, 5.41) is 27.4. The van der Waals surface area contributed by atoms with E-state index in [9.17, 15) is 19.4 Å². The fraction of sp³-hybridized carbons (Fsp3) is 0.885. The Morgan fingerprint density at radius 2 is 1.22 bits per heavy atom. The van der Waals surface area contributed by atoms with Crippen molar-refractivity contribution in [2.75, 3.05) is 26.4 Å². The molecule has 0 rings (SSSR count). The van der Waals surface area contributed by atoms with Crippen LogP contribution < -0.4 is 0 Å². The van der Waals surface area contributed by atoms with Crippen LogP contribution in [0.2, 0.25) is 0 Å². The van der Waals surface area contributed by atoms with Gasteiger partial charge < -0.3 is 24.9 Å². The molecule has 0 amide bonds. The van der Waals surface area contributed by atoms with Gasteiger partial charge in [0.1, 0.15) is 18.8 Å². The lowest BCUT2D eigenvalue weighted by Gasteiger charge is -2.16. The summed E-state index contributed by atoms with van der Waals surface area (Å²) in [4.78, 5) is 21.2. The topological polar surface area (TPSA) is 143 Å². The Kier molecular flexibility index (Phi) is 24.0. The smallest absolute Gasteiger partial charge is 0.463 e. The largest absolute Gasteiger partial charge is 0.472 e. The Morgan fingerprint density at radius 1 is 0.750 bits per heavy atom. The highest BCUT2D eigenvalue weighted by molar-refractivity contribution is 7.47. The van der Waals surface area contributed by atoms with Crippen LogP contribution in [0.15, 0.2) is 12.2 Å². The van der Waals surface area contributed by atoms with Crippen LogP contribution >= 0.6 is 7.82 Å². The van der Waals surface area contributed by atoms with E-state index < -0.39 is 45.8 Å². The number of rotatable bonds is 26. The van der Waals surface area contributed by atoms with E-state index in [2.05, 4.69) is 28.1 Å². The quantitative estimate of drug-likeness (QED) is 0.0506. The number of phosphoric ester groups is 1. The first-order valence-electron chi connectivity index (χ1n) is 13.7. The van der Waals surface area contributed by atoms with E-state index in [1.807, 2.05) is 0 Å². The van der Waals surface area contributed by atoms with Crippen molar-refractivity contribution in [1.29, 1.82) is 0 Å². The molecule has 3 atom stereocenters. The zero-order valence-corrected chi connectivity index (χ0v) is 23.1. The molecule has 0 heterocycles. The van der Waals surface area contributed by atoms with Gasteiger partial charge in [0, 0.05) is 6.42 Å². The van der Waals surface area contributed by atoms with Gasteiger partial charge in [0.05, 0.1) is 19.8 Å². The van der Waals surface area contributed by atoms with Gasteiger partial charge in [-0.1, -0.05) is 83.3 Å². The number of esters is 1. The zero-order chi connectivity index (χ0) is 26.9. The van der Waals surface area contributed by atoms with Crippen molar-refractivity contribution in [2.45, 2.75) is 122 Å². The summed E-state index contributed by atoms with van der Waals surface area (Å²) in [6.07, 6.45) is 20.3. The third-order valence-corrected chi connectivity index (χ3v) is 6.60. The van der Waals surface area contributed by atoms with Gasteiger partial charge in [0.15, 0.2) is 0 Å². The van der Waals surface area contributed by atoms with E-state index in [1.54, 1.807) is 0 Å². The van der Waals surface area contributed by atoms with Crippen LogP contribution in [0, 0.1) is 0 Å². The van der Waals surface area contributed by atoms with E-state index in [0.717, 1.165) is 32.1 Å². The summed E-state index contributed by atoms with van der Waals surface area (Å²) in [5.41, 5.74) is 0. The van der Waals surface area contributed by atoms with Gasteiger partial charge in [-0.05, 0) is 32.1 Å². The molecule has 0 spiro atoms. The molecule has 4 N–H and O–H groups in total. The maximum atomic E-state index is 11.8. The van der Waals surface area contributed by atoms with Gasteiger partial charge >= 0.3 is 13.8 Å². The molecule has 0 bridgehead atoms. The second-order valence-electron chi connectivity index (χ2n) is 9.27. The highest BCUT2D eigenvalue weighted by Gasteiger charge is 2.24. The molecular weight excluding hydrogens is 487 g/mol. The molecular formula is C26H51O9P. The van der Waals surface area contributed by atoms with E-state index in [-0.39, 0.29) is 13.0 Å². The summed E-state index contributed by atoms with van der Waals surface area (Å²) in [5.74, 6) is -0.434. The van der Waals surface area contributed by atoms with Crippen molar-refractivity contribution in [3.8, 4) is 0 Å². The number of aliphatic hydroxyl groups is 3. The van der Waals surface area contributed by atoms with Gasteiger partial charge in [-0.3, -0.25) is 13.8 Å². The fourth-order valence-corrected chi connectivity index (χ4v) is 4.25. The second kappa shape index (κ2) is 24.5. The predicted molar refractivity (Wildman–Crippen MR) is 140 cm³/mol. The molecule has 36 heavy (non-hydrogen) atoms. The second-order valence-corrected chi connectivity index (χ2v) is 10.7. The summed E-state index contributed by atoms with van der Waals surface area (Å²) in [6.45, 7) is 0.0921. The van der Waals surface area contributed by atoms with Gasteiger partial charge in [-0.2, -0.15) is 0 Å². The summed E-state index contributed by atoms with van der Waals surface area (Å²) in [6, 6.07) is 0. The molecule has 0 saturated heterocycles. The third-order valence-electron chi connectivity index (χ3n) is 5.65. The van der Waals surface area contributed by atoms with Crippen LogP contribution in [0.1, 0.15) is 110 Å². The van der Waals surface area contributed by atoms with E-state index in [4.69, 9.17) is 14.9 Å². The predicted octanol–water partition coefficient (Wildman–Crippen LogP) is 5.20. The van der Waals surface area contributed by atoms with Gasteiger partial charge in [-0.25, -0.2) is 4.57 Å². The van der Waals surface area contributed by atoms with Crippen molar-refractivity contribution in [1.82, 2.24) is 0 Å². The number of allylic oxidation sites excluding steroid dienone is 2. The summed E-state index contributed by atoms with van der Waals surface area (Å²) < 4.78 is 25.5. The monoisotopic (exact) mass is 538 g/mol. The number of aliphatic hydroxyl groups excluding tert-OH is 3. The molecule has 3 unspecified atom stereocenters. The van der Waals surface area contributed by atoms with E-state index >= 15 is 0 Å². The maximum absolute atomic E-state index is 11.8. The Balaban J connectivity index is 3.51. The lowest BCUT2D eigenvalue weighted by Crippen LogP contribution is -2.24. The van der Waals surface area contributed by atoms with E-state index in [0.29, 0.717) is 0 Å². The molecule has 0 aromatic carbocycles. The van der Waals surface area contributed by atoms with Crippen LogP contribution in [0.3, 0.4) is 0 Å². The molecule has 0 saturated carbocycles. The summed E-state index contributed by atoms with van der Waals surface area (Å²) >= 11 is 0. The average Bonchev–Trinajstić information content (AvgIpc) is 2.86.